The molecule has 0 aromatic heterocycles. The maximum Gasteiger partial charge on any atom is 0.0576 e. The van der Waals surface area contributed by atoms with Crippen LogP contribution in [-0.2, 0) is 0 Å². The van der Waals surface area contributed by atoms with Gasteiger partial charge in [-0.3, -0.25) is 0 Å². The average molecular weight is 208 g/mol. The van der Waals surface area contributed by atoms with E-state index in [-0.39, 0.29) is 6.61 Å². The van der Waals surface area contributed by atoms with Crippen molar-refractivity contribution < 1.29 is 5.11 Å². The molecular formula is C12H20N2O. The van der Waals surface area contributed by atoms with Gasteiger partial charge < -0.3 is 16.2 Å². The highest BCUT2D eigenvalue weighted by Crippen LogP contribution is 2.21. The first-order valence-corrected chi connectivity index (χ1v) is 5.41. The summed E-state index contributed by atoms with van der Waals surface area (Å²) in [6.07, 6.45) is 1.73. The zero-order valence-corrected chi connectivity index (χ0v) is 9.46. The van der Waals surface area contributed by atoms with Crippen molar-refractivity contribution in [2.45, 2.75) is 32.7 Å². The van der Waals surface area contributed by atoms with Crippen LogP contribution in [0.15, 0.2) is 18.2 Å². The molecule has 1 rings (SSSR count). The Labute approximate surface area is 91.3 Å². The summed E-state index contributed by atoms with van der Waals surface area (Å²) in [6.45, 7) is 4.32. The number of aryl methyl sites for hydroxylation is 1. The molecule has 4 N–H and O–H groups in total. The molecule has 0 radical (unpaired) electrons. The molecule has 0 saturated heterocycles. The Morgan fingerprint density at radius 3 is 2.73 bits per heavy atom. The molecule has 1 aromatic rings. The second kappa shape index (κ2) is 5.61. The highest BCUT2D eigenvalue weighted by molar-refractivity contribution is 5.67. The van der Waals surface area contributed by atoms with Crippen LogP contribution >= 0.6 is 0 Å². The standard InChI is InChI=1S/C12H20N2O/c1-3-10(6-7-15)14-12-5-4-9(2)8-11(12)13/h4-5,8,10,14-15H,3,6-7,13H2,1-2H3. The van der Waals surface area contributed by atoms with E-state index in [1.165, 1.54) is 0 Å². The quantitative estimate of drug-likeness (QED) is 0.650. The number of nitrogens with two attached hydrogens (primary N) is 1. The molecule has 0 fully saturated rings. The normalized spacial score (nSPS) is 12.5. The van der Waals surface area contributed by atoms with Crippen LogP contribution in [-0.4, -0.2) is 17.8 Å². The zero-order valence-electron chi connectivity index (χ0n) is 9.46. The minimum atomic E-state index is 0.206. The minimum absolute atomic E-state index is 0.206. The number of benzene rings is 1. The molecule has 1 unspecified atom stereocenters. The smallest absolute Gasteiger partial charge is 0.0576 e. The summed E-state index contributed by atoms with van der Waals surface area (Å²) in [6, 6.07) is 6.27. The largest absolute Gasteiger partial charge is 0.397 e. The van der Waals surface area contributed by atoms with Crippen molar-refractivity contribution in [1.29, 1.82) is 0 Å². The van der Waals surface area contributed by atoms with Gasteiger partial charge in [0.1, 0.15) is 0 Å². The van der Waals surface area contributed by atoms with Gasteiger partial charge in [0.25, 0.3) is 0 Å². The first-order chi connectivity index (χ1) is 7.17. The van der Waals surface area contributed by atoms with Crippen molar-refractivity contribution in [2.24, 2.45) is 0 Å². The Bertz CT molecular complexity index is 312. The Hall–Kier alpha value is -1.22. The molecule has 0 aliphatic heterocycles. The van der Waals surface area contributed by atoms with Crippen molar-refractivity contribution in [3.05, 3.63) is 23.8 Å². The molecule has 0 amide bonds. The Morgan fingerprint density at radius 2 is 2.20 bits per heavy atom. The second-order valence-corrected chi connectivity index (χ2v) is 3.85. The lowest BCUT2D eigenvalue weighted by Gasteiger charge is -2.18. The molecule has 3 nitrogen and oxygen atoms in total. The molecule has 0 aliphatic carbocycles. The van der Waals surface area contributed by atoms with Gasteiger partial charge in [0.15, 0.2) is 0 Å². The number of aliphatic hydroxyl groups is 1. The van der Waals surface area contributed by atoms with E-state index in [2.05, 4.69) is 12.2 Å². The van der Waals surface area contributed by atoms with E-state index in [1.54, 1.807) is 0 Å². The van der Waals surface area contributed by atoms with Crippen LogP contribution in [0.5, 0.6) is 0 Å². The van der Waals surface area contributed by atoms with E-state index in [0.29, 0.717) is 6.04 Å². The third-order valence-corrected chi connectivity index (χ3v) is 2.54. The summed E-state index contributed by atoms with van der Waals surface area (Å²) in [5, 5.41) is 12.2. The van der Waals surface area contributed by atoms with Crippen LogP contribution in [0, 0.1) is 6.92 Å². The second-order valence-electron chi connectivity index (χ2n) is 3.85. The summed E-state index contributed by atoms with van der Waals surface area (Å²) in [5.74, 6) is 0. The van der Waals surface area contributed by atoms with Crippen LogP contribution in [0.3, 0.4) is 0 Å². The summed E-state index contributed by atoms with van der Waals surface area (Å²) in [5.41, 5.74) is 8.78. The van der Waals surface area contributed by atoms with Crippen LogP contribution < -0.4 is 11.1 Å². The predicted molar refractivity (Wildman–Crippen MR) is 65.0 cm³/mol. The first-order valence-electron chi connectivity index (χ1n) is 5.41. The maximum absolute atomic E-state index is 8.89. The Morgan fingerprint density at radius 1 is 1.47 bits per heavy atom. The summed E-state index contributed by atoms with van der Waals surface area (Å²) in [7, 11) is 0. The van der Waals surface area contributed by atoms with Crippen molar-refractivity contribution in [2.75, 3.05) is 17.7 Å². The van der Waals surface area contributed by atoms with Gasteiger partial charge in [0.05, 0.1) is 11.4 Å². The van der Waals surface area contributed by atoms with E-state index in [1.807, 2.05) is 25.1 Å². The molecule has 0 heterocycles. The van der Waals surface area contributed by atoms with Crippen molar-refractivity contribution in [3.63, 3.8) is 0 Å². The molecule has 0 saturated carbocycles. The molecule has 3 heteroatoms. The average Bonchev–Trinajstić information content (AvgIpc) is 2.21. The fraction of sp³-hybridized carbons (Fsp3) is 0.500. The Balaban J connectivity index is 2.70. The van der Waals surface area contributed by atoms with E-state index in [0.717, 1.165) is 29.8 Å². The third kappa shape index (κ3) is 3.44. The van der Waals surface area contributed by atoms with Gasteiger partial charge in [-0.05, 0) is 37.5 Å². The van der Waals surface area contributed by atoms with Crippen molar-refractivity contribution in [1.82, 2.24) is 0 Å². The molecule has 0 spiro atoms. The fourth-order valence-corrected chi connectivity index (χ4v) is 1.57. The van der Waals surface area contributed by atoms with E-state index < -0.39 is 0 Å². The lowest BCUT2D eigenvalue weighted by molar-refractivity contribution is 0.278. The number of nitrogen functional groups attached to an aromatic ring is 1. The number of nitrogens with one attached hydrogen (secondary N) is 1. The lowest BCUT2D eigenvalue weighted by atomic mass is 10.1. The number of anilines is 2. The SMILES string of the molecule is CCC(CCO)Nc1ccc(C)cc1N. The van der Waals surface area contributed by atoms with Crippen LogP contribution in [0.1, 0.15) is 25.3 Å². The number of hydrogen-bond acceptors (Lipinski definition) is 3. The first kappa shape index (κ1) is 11.9. The maximum atomic E-state index is 8.89. The number of hydrogen-bond donors (Lipinski definition) is 3. The van der Waals surface area contributed by atoms with E-state index in [4.69, 9.17) is 10.8 Å². The van der Waals surface area contributed by atoms with Gasteiger partial charge in [-0.25, -0.2) is 0 Å². The number of rotatable bonds is 5. The minimum Gasteiger partial charge on any atom is -0.397 e. The molecule has 15 heavy (non-hydrogen) atoms. The zero-order chi connectivity index (χ0) is 11.3. The molecule has 1 atom stereocenters. The Kier molecular flexibility index (Phi) is 4.43. The number of aliphatic hydroxyl groups excluding tert-OH is 1. The van der Waals surface area contributed by atoms with E-state index in [9.17, 15) is 0 Å². The van der Waals surface area contributed by atoms with Crippen molar-refractivity contribution >= 4 is 11.4 Å². The molecule has 84 valence electrons. The predicted octanol–water partition coefficient (Wildman–Crippen LogP) is 2.15. The van der Waals surface area contributed by atoms with Gasteiger partial charge in [0, 0.05) is 12.6 Å². The van der Waals surface area contributed by atoms with Crippen LogP contribution in [0.25, 0.3) is 0 Å². The monoisotopic (exact) mass is 208 g/mol. The van der Waals surface area contributed by atoms with E-state index >= 15 is 0 Å². The van der Waals surface area contributed by atoms with Crippen LogP contribution in [0.4, 0.5) is 11.4 Å². The molecular weight excluding hydrogens is 188 g/mol. The van der Waals surface area contributed by atoms with Gasteiger partial charge in [-0.1, -0.05) is 13.0 Å². The molecule has 0 bridgehead atoms. The molecule has 1 aromatic carbocycles. The van der Waals surface area contributed by atoms with Crippen LogP contribution in [0.2, 0.25) is 0 Å². The summed E-state index contributed by atoms with van der Waals surface area (Å²) < 4.78 is 0. The summed E-state index contributed by atoms with van der Waals surface area (Å²) in [4.78, 5) is 0. The highest BCUT2D eigenvalue weighted by atomic mass is 16.3. The van der Waals surface area contributed by atoms with Gasteiger partial charge in [-0.2, -0.15) is 0 Å². The van der Waals surface area contributed by atoms with Crippen molar-refractivity contribution in [3.8, 4) is 0 Å². The third-order valence-electron chi connectivity index (χ3n) is 2.54. The van der Waals surface area contributed by atoms with Gasteiger partial charge in [0.2, 0.25) is 0 Å². The van der Waals surface area contributed by atoms with Gasteiger partial charge >= 0.3 is 0 Å². The highest BCUT2D eigenvalue weighted by Gasteiger charge is 2.06. The summed E-state index contributed by atoms with van der Waals surface area (Å²) >= 11 is 0. The molecule has 0 aliphatic rings. The lowest BCUT2D eigenvalue weighted by Crippen LogP contribution is -2.20. The van der Waals surface area contributed by atoms with Gasteiger partial charge in [-0.15, -0.1) is 0 Å². The topological polar surface area (TPSA) is 58.3 Å². The fourth-order valence-electron chi connectivity index (χ4n) is 1.57.